The standard InChI is InChI=1S/C13H16N4O2S/c1-20(18,19)17-8-6-16(7-9-17)13-12-5-3-2-4-11(12)10-14-15-13/h2-5,10H,6-9H2,1H3. The van der Waals surface area contributed by atoms with Crippen molar-refractivity contribution in [3.63, 3.8) is 0 Å². The number of anilines is 1. The first-order valence-electron chi connectivity index (χ1n) is 6.46. The highest BCUT2D eigenvalue weighted by Crippen LogP contribution is 2.24. The summed E-state index contributed by atoms with van der Waals surface area (Å²) in [6, 6.07) is 7.96. The third-order valence-corrected chi connectivity index (χ3v) is 4.86. The van der Waals surface area contributed by atoms with E-state index in [2.05, 4.69) is 15.1 Å². The van der Waals surface area contributed by atoms with E-state index in [0.29, 0.717) is 26.2 Å². The molecule has 0 saturated carbocycles. The van der Waals surface area contributed by atoms with Crippen LogP contribution in [-0.2, 0) is 10.0 Å². The van der Waals surface area contributed by atoms with Crippen LogP contribution in [0.5, 0.6) is 0 Å². The molecular weight excluding hydrogens is 276 g/mol. The number of piperazine rings is 1. The summed E-state index contributed by atoms with van der Waals surface area (Å²) in [5.74, 6) is 0.830. The highest BCUT2D eigenvalue weighted by molar-refractivity contribution is 7.88. The van der Waals surface area contributed by atoms with Crippen molar-refractivity contribution < 1.29 is 8.42 Å². The maximum absolute atomic E-state index is 11.5. The number of fused-ring (bicyclic) bond motifs is 1. The molecule has 1 saturated heterocycles. The zero-order chi connectivity index (χ0) is 14.2. The van der Waals surface area contributed by atoms with Gasteiger partial charge in [0.2, 0.25) is 10.0 Å². The van der Waals surface area contributed by atoms with Gasteiger partial charge in [-0.25, -0.2) is 8.42 Å². The van der Waals surface area contributed by atoms with Gasteiger partial charge in [0.15, 0.2) is 5.82 Å². The van der Waals surface area contributed by atoms with E-state index in [1.807, 2.05) is 24.3 Å². The Hall–Kier alpha value is -1.73. The Morgan fingerprint density at radius 2 is 1.80 bits per heavy atom. The molecule has 20 heavy (non-hydrogen) atoms. The van der Waals surface area contributed by atoms with Crippen molar-refractivity contribution in [2.24, 2.45) is 0 Å². The summed E-state index contributed by atoms with van der Waals surface area (Å²) in [5, 5.41) is 10.4. The fraction of sp³-hybridized carbons (Fsp3) is 0.385. The van der Waals surface area contributed by atoms with E-state index in [1.165, 1.54) is 10.6 Å². The molecule has 1 aliphatic heterocycles. The molecule has 0 spiro atoms. The molecule has 0 atom stereocenters. The van der Waals surface area contributed by atoms with Crippen molar-refractivity contribution in [1.82, 2.24) is 14.5 Å². The van der Waals surface area contributed by atoms with Gasteiger partial charge in [0, 0.05) is 37.0 Å². The van der Waals surface area contributed by atoms with Crippen molar-refractivity contribution in [3.8, 4) is 0 Å². The second kappa shape index (κ2) is 4.99. The van der Waals surface area contributed by atoms with Gasteiger partial charge >= 0.3 is 0 Å². The maximum Gasteiger partial charge on any atom is 0.211 e. The van der Waals surface area contributed by atoms with Crippen LogP contribution in [0.25, 0.3) is 10.8 Å². The molecule has 6 nitrogen and oxygen atoms in total. The number of rotatable bonds is 2. The molecule has 0 bridgehead atoms. The molecule has 0 aliphatic carbocycles. The maximum atomic E-state index is 11.5. The lowest BCUT2D eigenvalue weighted by molar-refractivity contribution is 0.387. The molecule has 0 unspecified atom stereocenters. The lowest BCUT2D eigenvalue weighted by Gasteiger charge is -2.34. The van der Waals surface area contributed by atoms with Crippen LogP contribution in [0.2, 0.25) is 0 Å². The summed E-state index contributed by atoms with van der Waals surface area (Å²) >= 11 is 0. The number of sulfonamides is 1. The lowest BCUT2D eigenvalue weighted by atomic mass is 10.2. The van der Waals surface area contributed by atoms with Gasteiger partial charge in [0.1, 0.15) is 0 Å². The van der Waals surface area contributed by atoms with E-state index in [0.717, 1.165) is 16.6 Å². The molecule has 106 valence electrons. The van der Waals surface area contributed by atoms with Crippen molar-refractivity contribution >= 4 is 26.6 Å². The summed E-state index contributed by atoms with van der Waals surface area (Å²) in [7, 11) is -3.10. The predicted molar refractivity (Wildman–Crippen MR) is 78.2 cm³/mol. The molecule has 1 aromatic carbocycles. The average Bonchev–Trinajstić information content (AvgIpc) is 2.46. The smallest absolute Gasteiger partial charge is 0.211 e. The van der Waals surface area contributed by atoms with Crippen LogP contribution in [0.3, 0.4) is 0 Å². The quantitative estimate of drug-likeness (QED) is 0.815. The van der Waals surface area contributed by atoms with Crippen LogP contribution in [0.4, 0.5) is 5.82 Å². The van der Waals surface area contributed by atoms with Crippen LogP contribution in [-0.4, -0.2) is 55.4 Å². The van der Waals surface area contributed by atoms with Gasteiger partial charge in [-0.05, 0) is 0 Å². The van der Waals surface area contributed by atoms with Crippen LogP contribution < -0.4 is 4.90 Å². The van der Waals surface area contributed by atoms with E-state index in [4.69, 9.17) is 0 Å². The Kier molecular flexibility index (Phi) is 3.31. The predicted octanol–water partition coefficient (Wildman–Crippen LogP) is 0.711. The number of benzene rings is 1. The highest BCUT2D eigenvalue weighted by Gasteiger charge is 2.24. The summed E-state index contributed by atoms with van der Waals surface area (Å²) in [5.41, 5.74) is 0. The minimum absolute atomic E-state index is 0.490. The van der Waals surface area contributed by atoms with Gasteiger partial charge in [-0.2, -0.15) is 9.40 Å². The van der Waals surface area contributed by atoms with E-state index < -0.39 is 10.0 Å². The van der Waals surface area contributed by atoms with E-state index in [1.54, 1.807) is 6.20 Å². The van der Waals surface area contributed by atoms with Crippen LogP contribution in [0.15, 0.2) is 30.5 Å². The van der Waals surface area contributed by atoms with E-state index in [9.17, 15) is 8.42 Å². The van der Waals surface area contributed by atoms with Crippen molar-refractivity contribution in [2.75, 3.05) is 37.3 Å². The average molecular weight is 292 g/mol. The Bertz CT molecular complexity index is 719. The topological polar surface area (TPSA) is 66.4 Å². The molecule has 0 amide bonds. The van der Waals surface area contributed by atoms with Crippen LogP contribution >= 0.6 is 0 Å². The Labute approximate surface area is 118 Å². The zero-order valence-corrected chi connectivity index (χ0v) is 12.0. The first-order valence-corrected chi connectivity index (χ1v) is 8.31. The van der Waals surface area contributed by atoms with Crippen LogP contribution in [0.1, 0.15) is 0 Å². The van der Waals surface area contributed by atoms with Gasteiger partial charge in [0.25, 0.3) is 0 Å². The minimum Gasteiger partial charge on any atom is -0.352 e. The summed E-state index contributed by atoms with van der Waals surface area (Å²) in [6.45, 7) is 2.25. The second-order valence-corrected chi connectivity index (χ2v) is 6.89. The number of hydrogen-bond acceptors (Lipinski definition) is 5. The third kappa shape index (κ3) is 2.46. The first kappa shape index (κ1) is 13.3. The molecule has 7 heteroatoms. The van der Waals surface area contributed by atoms with Crippen molar-refractivity contribution in [1.29, 1.82) is 0 Å². The number of aromatic nitrogens is 2. The minimum atomic E-state index is -3.10. The third-order valence-electron chi connectivity index (χ3n) is 3.56. The van der Waals surface area contributed by atoms with Gasteiger partial charge in [-0.15, -0.1) is 5.10 Å². The fourth-order valence-corrected chi connectivity index (χ4v) is 3.30. The van der Waals surface area contributed by atoms with Crippen LogP contribution in [0, 0.1) is 0 Å². The highest BCUT2D eigenvalue weighted by atomic mass is 32.2. The summed E-state index contributed by atoms with van der Waals surface area (Å²) in [4.78, 5) is 2.09. The van der Waals surface area contributed by atoms with E-state index in [-0.39, 0.29) is 0 Å². The second-order valence-electron chi connectivity index (χ2n) is 4.90. The van der Waals surface area contributed by atoms with Gasteiger partial charge < -0.3 is 4.90 Å². The lowest BCUT2D eigenvalue weighted by Crippen LogP contribution is -2.48. The van der Waals surface area contributed by atoms with Gasteiger partial charge in [-0.1, -0.05) is 24.3 Å². The molecule has 2 heterocycles. The van der Waals surface area contributed by atoms with Gasteiger partial charge in [-0.3, -0.25) is 0 Å². The first-order chi connectivity index (χ1) is 9.55. The number of nitrogens with zero attached hydrogens (tertiary/aromatic N) is 4. The van der Waals surface area contributed by atoms with Crippen molar-refractivity contribution in [2.45, 2.75) is 0 Å². The molecule has 0 radical (unpaired) electrons. The Morgan fingerprint density at radius 1 is 1.10 bits per heavy atom. The fourth-order valence-electron chi connectivity index (χ4n) is 2.48. The normalized spacial score (nSPS) is 17.6. The summed E-state index contributed by atoms with van der Waals surface area (Å²) < 4.78 is 24.5. The molecule has 2 aromatic rings. The monoisotopic (exact) mass is 292 g/mol. The van der Waals surface area contributed by atoms with Crippen molar-refractivity contribution in [3.05, 3.63) is 30.5 Å². The Balaban J connectivity index is 1.87. The van der Waals surface area contributed by atoms with Gasteiger partial charge in [0.05, 0.1) is 12.5 Å². The van der Waals surface area contributed by atoms with E-state index >= 15 is 0 Å². The molecule has 1 aliphatic rings. The molecule has 1 fully saturated rings. The molecule has 3 rings (SSSR count). The molecular formula is C13H16N4O2S. The largest absolute Gasteiger partial charge is 0.352 e. The molecule has 1 aromatic heterocycles. The number of hydrogen-bond donors (Lipinski definition) is 0. The zero-order valence-electron chi connectivity index (χ0n) is 11.2. The molecule has 0 N–H and O–H groups in total. The Morgan fingerprint density at radius 3 is 2.50 bits per heavy atom. The SMILES string of the molecule is CS(=O)(=O)N1CCN(c2nncc3ccccc23)CC1. The summed E-state index contributed by atoms with van der Waals surface area (Å²) in [6.07, 6.45) is 2.99.